The average Bonchev–Trinajstić information content (AvgIpc) is 3.22. The first kappa shape index (κ1) is 24.1. The van der Waals surface area contributed by atoms with Crippen molar-refractivity contribution in [2.24, 2.45) is 5.10 Å². The first-order valence-corrected chi connectivity index (χ1v) is 13.0. The van der Waals surface area contributed by atoms with Crippen LogP contribution < -0.4 is 20.0 Å². The van der Waals surface area contributed by atoms with E-state index in [1.807, 2.05) is 18.3 Å². The molecule has 9 heteroatoms. The van der Waals surface area contributed by atoms with Gasteiger partial charge >= 0.3 is 0 Å². The van der Waals surface area contributed by atoms with Crippen molar-refractivity contribution in [3.05, 3.63) is 47.3 Å². The van der Waals surface area contributed by atoms with E-state index in [1.165, 1.54) is 38.5 Å². The lowest BCUT2D eigenvalue weighted by Gasteiger charge is -2.30. The summed E-state index contributed by atoms with van der Waals surface area (Å²) in [6.07, 6.45) is 9.08. The highest BCUT2D eigenvalue weighted by molar-refractivity contribution is 5.82. The highest BCUT2D eigenvalue weighted by Gasteiger charge is 2.20. The first-order chi connectivity index (χ1) is 17.6. The second-order valence-electron chi connectivity index (χ2n) is 9.58. The molecule has 0 saturated carbocycles. The SMILES string of the molecule is COc1ccc(-n2c(C)cc(C=NNc3nc(N4CCCCC4)nc(N4CCCCC4)n3)c2C)cc1. The van der Waals surface area contributed by atoms with Gasteiger partial charge in [0.15, 0.2) is 0 Å². The molecule has 2 aliphatic rings. The lowest BCUT2D eigenvalue weighted by molar-refractivity contribution is 0.414. The van der Waals surface area contributed by atoms with Gasteiger partial charge in [-0.3, -0.25) is 0 Å². The van der Waals surface area contributed by atoms with Crippen LogP contribution in [0.25, 0.3) is 5.69 Å². The highest BCUT2D eigenvalue weighted by atomic mass is 16.5. The number of nitrogens with one attached hydrogen (secondary N) is 1. The van der Waals surface area contributed by atoms with Crippen molar-refractivity contribution < 1.29 is 4.74 Å². The Labute approximate surface area is 213 Å². The van der Waals surface area contributed by atoms with Crippen LogP contribution in [0.3, 0.4) is 0 Å². The summed E-state index contributed by atoms with van der Waals surface area (Å²) in [7, 11) is 1.68. The molecule has 0 radical (unpaired) electrons. The van der Waals surface area contributed by atoms with Crippen LogP contribution >= 0.6 is 0 Å². The van der Waals surface area contributed by atoms with Gasteiger partial charge < -0.3 is 19.1 Å². The molecule has 9 nitrogen and oxygen atoms in total. The number of rotatable bonds is 7. The number of aromatic nitrogens is 4. The summed E-state index contributed by atoms with van der Waals surface area (Å²) in [6.45, 7) is 8.16. The Hall–Kier alpha value is -3.62. The van der Waals surface area contributed by atoms with Crippen LogP contribution in [0.2, 0.25) is 0 Å². The number of ether oxygens (including phenoxy) is 1. The lowest BCUT2D eigenvalue weighted by atomic mass is 10.1. The van der Waals surface area contributed by atoms with E-state index in [-0.39, 0.29) is 0 Å². The van der Waals surface area contributed by atoms with Gasteiger partial charge in [0.05, 0.1) is 13.3 Å². The lowest BCUT2D eigenvalue weighted by Crippen LogP contribution is -2.34. The second-order valence-corrected chi connectivity index (χ2v) is 9.58. The molecular weight excluding hydrogens is 452 g/mol. The van der Waals surface area contributed by atoms with Crippen molar-refractivity contribution in [3.63, 3.8) is 0 Å². The van der Waals surface area contributed by atoms with Gasteiger partial charge in [-0.25, -0.2) is 5.43 Å². The molecule has 1 aromatic carbocycles. The van der Waals surface area contributed by atoms with E-state index in [0.717, 1.165) is 66.5 Å². The van der Waals surface area contributed by atoms with Crippen LogP contribution in [0.4, 0.5) is 17.8 Å². The summed E-state index contributed by atoms with van der Waals surface area (Å²) in [5.41, 5.74) is 7.47. The van der Waals surface area contributed by atoms with E-state index in [9.17, 15) is 0 Å². The topological polar surface area (TPSA) is 83.7 Å². The van der Waals surface area contributed by atoms with Gasteiger partial charge in [-0.15, -0.1) is 0 Å². The Morgan fingerprint density at radius 2 is 1.42 bits per heavy atom. The number of methoxy groups -OCH3 is 1. The van der Waals surface area contributed by atoms with Crippen LogP contribution in [-0.4, -0.2) is 59.0 Å². The summed E-state index contributed by atoms with van der Waals surface area (Å²) in [5, 5.41) is 4.52. The zero-order valence-electron chi connectivity index (χ0n) is 21.6. The molecular formula is C27H36N8O. The smallest absolute Gasteiger partial charge is 0.250 e. The third-order valence-corrected chi connectivity index (χ3v) is 7.06. The van der Waals surface area contributed by atoms with Gasteiger partial charge in [0.25, 0.3) is 0 Å². The highest BCUT2D eigenvalue weighted by Crippen LogP contribution is 2.24. The molecule has 0 amide bonds. The predicted octanol–water partition coefficient (Wildman–Crippen LogP) is 4.71. The average molecular weight is 489 g/mol. The van der Waals surface area contributed by atoms with Crippen molar-refractivity contribution >= 4 is 24.1 Å². The van der Waals surface area contributed by atoms with Crippen LogP contribution in [-0.2, 0) is 0 Å². The van der Waals surface area contributed by atoms with Crippen molar-refractivity contribution in [2.75, 3.05) is 48.5 Å². The van der Waals surface area contributed by atoms with Gasteiger partial charge in [0.1, 0.15) is 5.75 Å². The van der Waals surface area contributed by atoms with E-state index in [4.69, 9.17) is 19.7 Å². The molecule has 0 bridgehead atoms. The fraction of sp³-hybridized carbons (Fsp3) is 0.481. The Bertz CT molecular complexity index is 1150. The molecule has 0 atom stereocenters. The number of hydrogen-bond donors (Lipinski definition) is 1. The van der Waals surface area contributed by atoms with Crippen molar-refractivity contribution in [2.45, 2.75) is 52.4 Å². The monoisotopic (exact) mass is 488 g/mol. The number of nitrogens with zero attached hydrogens (tertiary/aromatic N) is 7. The first-order valence-electron chi connectivity index (χ1n) is 13.0. The number of aryl methyl sites for hydroxylation is 1. The minimum absolute atomic E-state index is 0.492. The molecule has 36 heavy (non-hydrogen) atoms. The minimum atomic E-state index is 0.492. The van der Waals surface area contributed by atoms with Gasteiger partial charge in [-0.2, -0.15) is 20.1 Å². The molecule has 5 rings (SSSR count). The summed E-state index contributed by atoms with van der Waals surface area (Å²) in [5.74, 6) is 2.84. The standard InChI is InChI=1S/C27H36N8O/c1-20-18-22(21(2)35(20)23-10-12-24(36-3)13-11-23)19-28-32-25-29-26(33-14-6-4-7-15-33)31-27(30-25)34-16-8-5-9-17-34/h10-13,18-19H,4-9,14-17H2,1-3H3,(H,29,30,31,32). The second kappa shape index (κ2) is 11.0. The maximum absolute atomic E-state index is 5.30. The zero-order chi connectivity index (χ0) is 24.9. The Morgan fingerprint density at radius 1 is 0.833 bits per heavy atom. The molecule has 3 aromatic rings. The van der Waals surface area contributed by atoms with Crippen molar-refractivity contribution in [3.8, 4) is 11.4 Å². The molecule has 2 saturated heterocycles. The maximum atomic E-state index is 5.30. The van der Waals surface area contributed by atoms with E-state index in [1.54, 1.807) is 7.11 Å². The third-order valence-electron chi connectivity index (χ3n) is 7.06. The van der Waals surface area contributed by atoms with Gasteiger partial charge in [-0.05, 0) is 82.7 Å². The number of anilines is 3. The van der Waals surface area contributed by atoms with Gasteiger partial charge in [-0.1, -0.05) is 0 Å². The van der Waals surface area contributed by atoms with E-state index < -0.39 is 0 Å². The summed E-state index contributed by atoms with van der Waals surface area (Å²) in [4.78, 5) is 18.8. The van der Waals surface area contributed by atoms with Crippen LogP contribution in [0.15, 0.2) is 35.4 Å². The molecule has 4 heterocycles. The molecule has 0 spiro atoms. The molecule has 2 aliphatic heterocycles. The minimum Gasteiger partial charge on any atom is -0.497 e. The maximum Gasteiger partial charge on any atom is 0.250 e. The number of piperidine rings is 2. The summed E-state index contributed by atoms with van der Waals surface area (Å²) >= 11 is 0. The molecule has 0 aliphatic carbocycles. The van der Waals surface area contributed by atoms with E-state index in [0.29, 0.717) is 5.95 Å². The molecule has 0 unspecified atom stereocenters. The normalized spacial score (nSPS) is 16.5. The van der Waals surface area contributed by atoms with Crippen LogP contribution in [0.5, 0.6) is 5.75 Å². The third kappa shape index (κ3) is 5.29. The van der Waals surface area contributed by atoms with Crippen molar-refractivity contribution in [1.82, 2.24) is 19.5 Å². The van der Waals surface area contributed by atoms with Gasteiger partial charge in [0.2, 0.25) is 17.8 Å². The summed E-state index contributed by atoms with van der Waals surface area (Å²) in [6, 6.07) is 10.2. The van der Waals surface area contributed by atoms with Crippen LogP contribution in [0.1, 0.15) is 55.5 Å². The predicted molar refractivity (Wildman–Crippen MR) is 145 cm³/mol. The molecule has 1 N–H and O–H groups in total. The molecule has 2 aromatic heterocycles. The fourth-order valence-electron chi connectivity index (χ4n) is 5.08. The van der Waals surface area contributed by atoms with Gasteiger partial charge in [0, 0.05) is 48.8 Å². The molecule has 190 valence electrons. The Kier molecular flexibility index (Phi) is 7.34. The summed E-state index contributed by atoms with van der Waals surface area (Å²) < 4.78 is 7.51. The molecule has 2 fully saturated rings. The Balaban J connectivity index is 1.37. The zero-order valence-corrected chi connectivity index (χ0v) is 21.6. The quantitative estimate of drug-likeness (QED) is 0.381. The van der Waals surface area contributed by atoms with Crippen molar-refractivity contribution in [1.29, 1.82) is 0 Å². The number of hydrazone groups is 1. The number of hydrogen-bond acceptors (Lipinski definition) is 8. The fourth-order valence-corrected chi connectivity index (χ4v) is 5.08. The Morgan fingerprint density at radius 3 is 1.97 bits per heavy atom. The largest absolute Gasteiger partial charge is 0.497 e. The van der Waals surface area contributed by atoms with Crippen LogP contribution in [0, 0.1) is 13.8 Å². The van der Waals surface area contributed by atoms with E-state index in [2.05, 4.69) is 56.9 Å². The van der Waals surface area contributed by atoms with E-state index >= 15 is 0 Å². The number of benzene rings is 1.